The number of ketones is 1. The van der Waals surface area contributed by atoms with Crippen molar-refractivity contribution in [2.45, 2.75) is 39.0 Å². The number of carbonyl (C=O) groups excluding carboxylic acids is 1. The summed E-state index contributed by atoms with van der Waals surface area (Å²) in [5, 5.41) is 0. The van der Waals surface area contributed by atoms with E-state index in [0.29, 0.717) is 5.56 Å². The SMILES string of the molecule is COc1cccc(CC(=O)C2(C)CCCC2)c1F. The highest BCUT2D eigenvalue weighted by Crippen LogP contribution is 2.39. The van der Waals surface area contributed by atoms with Crippen molar-refractivity contribution in [2.75, 3.05) is 7.11 Å². The van der Waals surface area contributed by atoms with Crippen molar-refractivity contribution in [2.24, 2.45) is 5.41 Å². The molecule has 1 aromatic carbocycles. The van der Waals surface area contributed by atoms with Crippen molar-refractivity contribution in [3.63, 3.8) is 0 Å². The van der Waals surface area contributed by atoms with E-state index in [-0.39, 0.29) is 23.4 Å². The number of hydrogen-bond acceptors (Lipinski definition) is 2. The van der Waals surface area contributed by atoms with Crippen LogP contribution in [0.15, 0.2) is 18.2 Å². The van der Waals surface area contributed by atoms with Crippen LogP contribution in [-0.4, -0.2) is 12.9 Å². The lowest BCUT2D eigenvalue weighted by Gasteiger charge is -2.21. The molecule has 0 atom stereocenters. The van der Waals surface area contributed by atoms with Crippen LogP contribution in [0.25, 0.3) is 0 Å². The highest BCUT2D eigenvalue weighted by atomic mass is 19.1. The smallest absolute Gasteiger partial charge is 0.168 e. The first-order valence-electron chi connectivity index (χ1n) is 6.41. The van der Waals surface area contributed by atoms with Crippen LogP contribution in [0.3, 0.4) is 0 Å². The molecule has 1 fully saturated rings. The molecule has 98 valence electrons. The van der Waals surface area contributed by atoms with Crippen LogP contribution in [0.5, 0.6) is 5.75 Å². The Morgan fingerprint density at radius 1 is 1.39 bits per heavy atom. The van der Waals surface area contributed by atoms with Gasteiger partial charge >= 0.3 is 0 Å². The van der Waals surface area contributed by atoms with Crippen molar-refractivity contribution in [1.29, 1.82) is 0 Å². The molecule has 1 aliphatic carbocycles. The molecule has 0 amide bonds. The number of ether oxygens (including phenoxy) is 1. The van der Waals surface area contributed by atoms with Crippen LogP contribution in [0.1, 0.15) is 38.2 Å². The average Bonchev–Trinajstić information content (AvgIpc) is 2.80. The number of carbonyl (C=O) groups is 1. The molecule has 0 spiro atoms. The Balaban J connectivity index is 2.16. The van der Waals surface area contributed by atoms with Crippen LogP contribution in [0.2, 0.25) is 0 Å². The van der Waals surface area contributed by atoms with Gasteiger partial charge in [0, 0.05) is 11.8 Å². The second-order valence-electron chi connectivity index (χ2n) is 5.30. The largest absolute Gasteiger partial charge is 0.494 e. The zero-order valence-corrected chi connectivity index (χ0v) is 11.0. The summed E-state index contributed by atoms with van der Waals surface area (Å²) >= 11 is 0. The van der Waals surface area contributed by atoms with Crippen LogP contribution >= 0.6 is 0 Å². The van der Waals surface area contributed by atoms with Crippen molar-refractivity contribution >= 4 is 5.78 Å². The molecule has 1 aromatic rings. The van der Waals surface area contributed by atoms with E-state index in [9.17, 15) is 9.18 Å². The number of methoxy groups -OCH3 is 1. The maximum atomic E-state index is 14.0. The van der Waals surface area contributed by atoms with Crippen molar-refractivity contribution in [3.8, 4) is 5.75 Å². The quantitative estimate of drug-likeness (QED) is 0.817. The Morgan fingerprint density at radius 2 is 2.06 bits per heavy atom. The van der Waals surface area contributed by atoms with Gasteiger partial charge in [0.2, 0.25) is 0 Å². The van der Waals surface area contributed by atoms with Gasteiger partial charge in [-0.15, -0.1) is 0 Å². The van der Waals surface area contributed by atoms with Gasteiger partial charge in [-0.2, -0.15) is 0 Å². The second kappa shape index (κ2) is 5.09. The molecule has 0 saturated heterocycles. The van der Waals surface area contributed by atoms with E-state index in [4.69, 9.17) is 4.74 Å². The molecule has 1 aliphatic rings. The average molecular weight is 250 g/mol. The van der Waals surface area contributed by atoms with E-state index in [1.165, 1.54) is 7.11 Å². The molecule has 0 N–H and O–H groups in total. The number of Topliss-reactive ketones (excluding diaryl/α,β-unsaturated/α-hetero) is 1. The van der Waals surface area contributed by atoms with E-state index in [0.717, 1.165) is 25.7 Å². The van der Waals surface area contributed by atoms with Gasteiger partial charge in [0.15, 0.2) is 11.6 Å². The third kappa shape index (κ3) is 2.40. The van der Waals surface area contributed by atoms with Crippen LogP contribution in [0, 0.1) is 11.2 Å². The molecular weight excluding hydrogens is 231 g/mol. The first kappa shape index (κ1) is 13.1. The molecule has 0 radical (unpaired) electrons. The molecule has 2 nitrogen and oxygen atoms in total. The van der Waals surface area contributed by atoms with Crippen LogP contribution in [0.4, 0.5) is 4.39 Å². The van der Waals surface area contributed by atoms with Crippen molar-refractivity contribution < 1.29 is 13.9 Å². The number of halogens is 1. The highest BCUT2D eigenvalue weighted by molar-refractivity contribution is 5.86. The Hall–Kier alpha value is -1.38. The van der Waals surface area contributed by atoms with Crippen LogP contribution < -0.4 is 4.74 Å². The fourth-order valence-corrected chi connectivity index (χ4v) is 2.67. The van der Waals surface area contributed by atoms with Gasteiger partial charge in [-0.3, -0.25) is 4.79 Å². The first-order chi connectivity index (χ1) is 8.57. The minimum Gasteiger partial charge on any atom is -0.494 e. The molecule has 1 saturated carbocycles. The molecule has 0 aromatic heterocycles. The van der Waals surface area contributed by atoms with Crippen molar-refractivity contribution in [3.05, 3.63) is 29.6 Å². The summed E-state index contributed by atoms with van der Waals surface area (Å²) in [6.45, 7) is 2.00. The molecule has 3 heteroatoms. The van der Waals surface area contributed by atoms with Gasteiger partial charge in [-0.25, -0.2) is 4.39 Å². The molecule has 0 unspecified atom stereocenters. The van der Waals surface area contributed by atoms with Gasteiger partial charge < -0.3 is 4.74 Å². The Kier molecular flexibility index (Phi) is 3.69. The molecule has 2 rings (SSSR count). The lowest BCUT2D eigenvalue weighted by molar-refractivity contribution is -0.127. The van der Waals surface area contributed by atoms with Gasteiger partial charge in [0.1, 0.15) is 5.78 Å². The Morgan fingerprint density at radius 3 is 2.67 bits per heavy atom. The number of benzene rings is 1. The van der Waals surface area contributed by atoms with Gasteiger partial charge in [0.05, 0.1) is 7.11 Å². The fraction of sp³-hybridized carbons (Fsp3) is 0.533. The van der Waals surface area contributed by atoms with Gasteiger partial charge in [-0.05, 0) is 24.5 Å². The standard InChI is InChI=1S/C15H19FO2/c1-15(8-3-4-9-15)13(17)10-11-6-5-7-12(18-2)14(11)16/h5-7H,3-4,8-10H2,1-2H3. The van der Waals surface area contributed by atoms with E-state index >= 15 is 0 Å². The third-order valence-corrected chi connectivity index (χ3v) is 3.99. The third-order valence-electron chi connectivity index (χ3n) is 3.99. The summed E-state index contributed by atoms with van der Waals surface area (Å²) in [4.78, 5) is 12.3. The lowest BCUT2D eigenvalue weighted by atomic mass is 9.81. The minimum absolute atomic E-state index is 0.146. The minimum atomic E-state index is -0.407. The van der Waals surface area contributed by atoms with E-state index in [2.05, 4.69) is 0 Å². The predicted molar refractivity (Wildman–Crippen MR) is 68.2 cm³/mol. The summed E-state index contributed by atoms with van der Waals surface area (Å²) in [5.41, 5.74) is 0.183. The zero-order chi connectivity index (χ0) is 13.2. The monoisotopic (exact) mass is 250 g/mol. The predicted octanol–water partition coefficient (Wildman–Crippen LogP) is 3.53. The summed E-state index contributed by atoms with van der Waals surface area (Å²) in [6.07, 6.45) is 4.22. The van der Waals surface area contributed by atoms with E-state index < -0.39 is 5.82 Å². The maximum absolute atomic E-state index is 14.0. The maximum Gasteiger partial charge on any atom is 0.168 e. The molecule has 18 heavy (non-hydrogen) atoms. The summed E-state index contributed by atoms with van der Waals surface area (Å²) in [5.74, 6) is -0.0565. The van der Waals surface area contributed by atoms with Gasteiger partial charge in [0.25, 0.3) is 0 Å². The van der Waals surface area contributed by atoms with Crippen LogP contribution in [-0.2, 0) is 11.2 Å². The summed E-state index contributed by atoms with van der Waals surface area (Å²) in [6, 6.07) is 4.95. The van der Waals surface area contributed by atoms with Gasteiger partial charge in [-0.1, -0.05) is 31.9 Å². The lowest BCUT2D eigenvalue weighted by Crippen LogP contribution is -2.26. The molecule has 0 heterocycles. The highest BCUT2D eigenvalue weighted by Gasteiger charge is 2.36. The zero-order valence-electron chi connectivity index (χ0n) is 11.0. The molecule has 0 bridgehead atoms. The number of hydrogen-bond donors (Lipinski definition) is 0. The summed E-state index contributed by atoms with van der Waals surface area (Å²) in [7, 11) is 1.43. The molecule has 0 aliphatic heterocycles. The van der Waals surface area contributed by atoms with Crippen molar-refractivity contribution in [1.82, 2.24) is 0 Å². The first-order valence-corrected chi connectivity index (χ1v) is 6.41. The fourth-order valence-electron chi connectivity index (χ4n) is 2.67. The number of rotatable bonds is 4. The van der Waals surface area contributed by atoms with E-state index in [1.54, 1.807) is 18.2 Å². The molecular formula is C15H19FO2. The summed E-state index contributed by atoms with van der Waals surface area (Å²) < 4.78 is 18.9. The Bertz CT molecular complexity index is 448. The normalized spacial score (nSPS) is 17.7. The van der Waals surface area contributed by atoms with E-state index in [1.807, 2.05) is 6.92 Å². The topological polar surface area (TPSA) is 26.3 Å². The Labute approximate surface area is 107 Å². The second-order valence-corrected chi connectivity index (χ2v) is 5.30.